The zero-order valence-corrected chi connectivity index (χ0v) is 44.2. The number of carbonyl (C=O) groups is 3. The molecule has 408 valence electrons. The van der Waals surface area contributed by atoms with Gasteiger partial charge in [-0.2, -0.15) is 29.5 Å². The number of unbranched alkanes of at least 4 members (excludes halogenated alkanes) is 6. The van der Waals surface area contributed by atoms with E-state index in [0.717, 1.165) is 48.6 Å². The normalized spacial score (nSPS) is 11.3. The summed E-state index contributed by atoms with van der Waals surface area (Å²) in [7, 11) is 1.74. The van der Waals surface area contributed by atoms with Crippen LogP contribution in [0.2, 0.25) is 0 Å². The Morgan fingerprint density at radius 2 is 1.08 bits per heavy atom. The maximum Gasteiger partial charge on any atom is 0.410 e. The third-order valence-electron chi connectivity index (χ3n) is 11.5. The molecule has 4 N–H and O–H groups in total. The summed E-state index contributed by atoms with van der Waals surface area (Å²) in [6.45, 7) is 10.9. The van der Waals surface area contributed by atoms with Crippen molar-refractivity contribution in [2.24, 2.45) is 0 Å². The van der Waals surface area contributed by atoms with Crippen LogP contribution in [0.15, 0.2) is 85.7 Å². The number of rotatable bonds is 28. The minimum absolute atomic E-state index is 0.138. The molecule has 0 aliphatic carbocycles. The molecule has 77 heavy (non-hydrogen) atoms. The number of carboxylic acid groups (broad SMARTS) is 2. The Morgan fingerprint density at radius 1 is 0.610 bits per heavy atom. The average Bonchev–Trinajstić information content (AvgIpc) is 4.24. The molecule has 0 saturated heterocycles. The summed E-state index contributed by atoms with van der Waals surface area (Å²) in [6, 6.07) is 14.8. The molecule has 0 unspecified atom stereocenters. The zero-order chi connectivity index (χ0) is 54.6. The van der Waals surface area contributed by atoms with Gasteiger partial charge < -0.3 is 40.0 Å². The molecule has 0 aliphatic heterocycles. The Labute approximate surface area is 445 Å². The van der Waals surface area contributed by atoms with E-state index < -0.39 is 17.5 Å². The largest absolute Gasteiger partial charge is 0.494 e. The lowest BCUT2D eigenvalue weighted by Gasteiger charge is -2.24. The smallest absolute Gasteiger partial charge is 0.410 e. The molecule has 0 aliphatic rings. The Balaban J connectivity index is 0.000000227. The van der Waals surface area contributed by atoms with E-state index in [9.17, 15) is 14.4 Å². The summed E-state index contributed by atoms with van der Waals surface area (Å²) in [5, 5.41) is 49.4. The molecule has 0 atom stereocenters. The Morgan fingerprint density at radius 3 is 1.52 bits per heavy atom. The molecule has 8 rings (SSSR count). The topological polar surface area (TPSA) is 295 Å². The molecule has 0 bridgehead atoms. The van der Waals surface area contributed by atoms with Crippen LogP contribution in [-0.2, 0) is 27.4 Å². The van der Waals surface area contributed by atoms with Crippen molar-refractivity contribution in [1.29, 1.82) is 0 Å². The monoisotopic (exact) mass is 1060 g/mol. The molecule has 1 amide bonds. The molecule has 2 aromatic carbocycles. The highest BCUT2D eigenvalue weighted by molar-refractivity contribution is 5.74. The van der Waals surface area contributed by atoms with Gasteiger partial charge in [0.25, 0.3) is 0 Å². The van der Waals surface area contributed by atoms with Gasteiger partial charge >= 0.3 is 18.0 Å². The van der Waals surface area contributed by atoms with Crippen molar-refractivity contribution in [3.05, 3.63) is 85.7 Å². The van der Waals surface area contributed by atoms with Crippen LogP contribution in [-0.4, -0.2) is 135 Å². The van der Waals surface area contributed by atoms with Crippen LogP contribution >= 0.6 is 0 Å². The van der Waals surface area contributed by atoms with Gasteiger partial charge in [0.05, 0.1) is 60.8 Å². The van der Waals surface area contributed by atoms with E-state index in [4.69, 9.17) is 24.4 Å². The minimum Gasteiger partial charge on any atom is -0.494 e. The molecule has 6 heterocycles. The number of hydrogen-bond donors (Lipinski definition) is 4. The van der Waals surface area contributed by atoms with Crippen molar-refractivity contribution in [1.82, 2.24) is 74.4 Å². The van der Waals surface area contributed by atoms with Gasteiger partial charge in [-0.05, 0) is 114 Å². The third kappa shape index (κ3) is 17.7. The predicted molar refractivity (Wildman–Crippen MR) is 286 cm³/mol. The number of anilines is 4. The lowest BCUT2D eigenvalue weighted by atomic mass is 10.2. The second kappa shape index (κ2) is 27.7. The predicted octanol–water partition coefficient (Wildman–Crippen LogP) is 8.80. The SMILES string of the molecule is CCCCCCn1cc(Nc2ncc3nnn(-c4ccc(OCCCCC(=O)O)cc4)c3n2)cn1.CN(CCCCn1cc(Nc2ncc3nnn(-c4ccc(OCCCCC(=O)O)cc4)c3n2)cn1)C(=O)OC(C)(C)C. The molecule has 8 aromatic rings. The fraction of sp³-hybridized carbons (Fsp3) is 0.442. The van der Waals surface area contributed by atoms with Crippen molar-refractivity contribution in [2.45, 2.75) is 123 Å². The van der Waals surface area contributed by atoms with Gasteiger partial charge in [-0.15, -0.1) is 10.2 Å². The summed E-state index contributed by atoms with van der Waals surface area (Å²) < 4.78 is 23.8. The highest BCUT2D eigenvalue weighted by Gasteiger charge is 2.19. The number of nitrogens with zero attached hydrogens (tertiary/aromatic N) is 15. The Bertz CT molecular complexity index is 3130. The van der Waals surface area contributed by atoms with E-state index in [1.54, 1.807) is 46.1 Å². The molecular formula is C52H67N17O8. The number of aliphatic carboxylic acids is 2. The molecule has 0 radical (unpaired) electrons. The molecular weight excluding hydrogens is 991 g/mol. The van der Waals surface area contributed by atoms with Crippen LogP contribution in [0.3, 0.4) is 0 Å². The first-order chi connectivity index (χ1) is 37.2. The number of aromatic nitrogens is 14. The van der Waals surface area contributed by atoms with Crippen LogP contribution in [0, 0.1) is 0 Å². The van der Waals surface area contributed by atoms with Crippen LogP contribution in [0.1, 0.15) is 105 Å². The van der Waals surface area contributed by atoms with Gasteiger partial charge in [-0.1, -0.05) is 36.6 Å². The van der Waals surface area contributed by atoms with Crippen LogP contribution in [0.5, 0.6) is 11.5 Å². The Hall–Kier alpha value is -8.77. The number of aryl methyl sites for hydroxylation is 2. The number of carboxylic acids is 2. The first kappa shape index (κ1) is 56.0. The summed E-state index contributed by atoms with van der Waals surface area (Å²) in [4.78, 5) is 52.8. The number of ether oxygens (including phenoxy) is 3. The van der Waals surface area contributed by atoms with Gasteiger partial charge in [0.15, 0.2) is 22.3 Å². The van der Waals surface area contributed by atoms with Crippen molar-refractivity contribution in [3.8, 4) is 22.9 Å². The Kier molecular flexibility index (Phi) is 20.1. The van der Waals surface area contributed by atoms with Crippen molar-refractivity contribution in [2.75, 3.05) is 37.4 Å². The second-order valence-corrected chi connectivity index (χ2v) is 19.1. The molecule has 25 heteroatoms. The van der Waals surface area contributed by atoms with Crippen molar-refractivity contribution >= 4 is 63.6 Å². The van der Waals surface area contributed by atoms with E-state index in [1.165, 1.54) is 19.3 Å². The van der Waals surface area contributed by atoms with Gasteiger partial charge in [0, 0.05) is 51.9 Å². The van der Waals surface area contributed by atoms with Crippen molar-refractivity contribution < 1.29 is 38.8 Å². The van der Waals surface area contributed by atoms with Crippen LogP contribution < -0.4 is 20.1 Å². The zero-order valence-electron chi connectivity index (χ0n) is 44.2. The number of carbonyl (C=O) groups excluding carboxylic acids is 1. The quantitative estimate of drug-likeness (QED) is 0.0333. The van der Waals surface area contributed by atoms with E-state index in [2.05, 4.69) is 68.3 Å². The molecule has 0 spiro atoms. The van der Waals surface area contributed by atoms with Crippen LogP contribution in [0.4, 0.5) is 28.1 Å². The molecule has 0 fully saturated rings. The summed E-state index contributed by atoms with van der Waals surface area (Å²) in [5.41, 5.74) is 4.84. The molecule has 0 saturated carbocycles. The fourth-order valence-electron chi connectivity index (χ4n) is 7.54. The number of nitrogens with one attached hydrogen (secondary N) is 2. The third-order valence-corrected chi connectivity index (χ3v) is 11.5. The van der Waals surface area contributed by atoms with Crippen molar-refractivity contribution in [3.63, 3.8) is 0 Å². The average molecular weight is 1060 g/mol. The fourth-order valence-corrected chi connectivity index (χ4v) is 7.54. The van der Waals surface area contributed by atoms with Gasteiger partial charge in [0.1, 0.15) is 17.1 Å². The second-order valence-electron chi connectivity index (χ2n) is 19.1. The standard InChI is InChI=1S/C28H37N9O5.C24H30N8O3/c1-28(2,3)42-27(40)35(4)14-6-7-15-36-19-20(17-30-36)31-26-29-18-23-25(32-26)37(34-33-23)21-10-12-22(13-11-21)41-16-8-5-9-24(38)39;1-2-3-4-6-13-31-17-18(15-26-31)27-24-25-16-21-23(28-24)32(30-29-21)19-9-11-20(12-10-19)35-14-7-5-8-22(33)34/h10-13,17-19H,5-9,14-16H2,1-4H3,(H,38,39)(H,29,31,32);9-12,15-17H,2-8,13-14H2,1H3,(H,33,34)(H,25,27,28). The van der Waals surface area contributed by atoms with Gasteiger partial charge in [0.2, 0.25) is 11.9 Å². The molecule has 6 aromatic heterocycles. The summed E-state index contributed by atoms with van der Waals surface area (Å²) in [5.74, 6) is 0.619. The minimum atomic E-state index is -0.801. The first-order valence-electron chi connectivity index (χ1n) is 25.8. The number of benzene rings is 2. The van der Waals surface area contributed by atoms with Gasteiger partial charge in [-0.25, -0.2) is 14.8 Å². The van der Waals surface area contributed by atoms with E-state index >= 15 is 0 Å². The summed E-state index contributed by atoms with van der Waals surface area (Å²) >= 11 is 0. The highest BCUT2D eigenvalue weighted by atomic mass is 16.6. The lowest BCUT2D eigenvalue weighted by Crippen LogP contribution is -2.34. The summed E-state index contributed by atoms with van der Waals surface area (Å²) in [6.07, 6.45) is 19.5. The lowest BCUT2D eigenvalue weighted by molar-refractivity contribution is -0.138. The highest BCUT2D eigenvalue weighted by Crippen LogP contribution is 2.23. The molecule has 25 nitrogen and oxygen atoms in total. The number of hydrogen-bond acceptors (Lipinski definition) is 18. The van der Waals surface area contributed by atoms with E-state index in [0.29, 0.717) is 97.7 Å². The van der Waals surface area contributed by atoms with Gasteiger partial charge in [-0.3, -0.25) is 19.0 Å². The van der Waals surface area contributed by atoms with E-state index in [1.807, 2.05) is 91.1 Å². The number of amides is 1. The maximum atomic E-state index is 12.1. The first-order valence-corrected chi connectivity index (χ1v) is 25.8. The maximum absolute atomic E-state index is 12.1. The number of fused-ring (bicyclic) bond motifs is 2. The van der Waals surface area contributed by atoms with E-state index in [-0.39, 0.29) is 18.9 Å². The van der Waals surface area contributed by atoms with Crippen LogP contribution in [0.25, 0.3) is 33.7 Å².